The molecule has 3 N–H and O–H groups in total. The smallest absolute Gasteiger partial charge is 0.315 e. The Morgan fingerprint density at radius 1 is 1.08 bits per heavy atom. The van der Waals surface area contributed by atoms with E-state index in [1.54, 1.807) is 0 Å². The summed E-state index contributed by atoms with van der Waals surface area (Å²) in [5, 5.41) is 32.0. The zero-order chi connectivity index (χ0) is 17.5. The molecule has 5 heteroatoms. The van der Waals surface area contributed by atoms with Crippen LogP contribution in [0.1, 0.15) is 65.7 Å². The number of aliphatic hydroxyl groups is 3. The van der Waals surface area contributed by atoms with Gasteiger partial charge in [-0.15, -0.1) is 0 Å². The van der Waals surface area contributed by atoms with Crippen LogP contribution in [0.3, 0.4) is 0 Å². The van der Waals surface area contributed by atoms with E-state index >= 15 is 0 Å². The second kappa shape index (κ2) is 4.74. The Morgan fingerprint density at radius 3 is 2.08 bits per heavy atom. The second-order valence-corrected chi connectivity index (χ2v) is 9.77. The summed E-state index contributed by atoms with van der Waals surface area (Å²) in [6, 6.07) is 0. The van der Waals surface area contributed by atoms with E-state index in [0.29, 0.717) is 38.5 Å². The van der Waals surface area contributed by atoms with E-state index in [1.165, 1.54) is 0 Å². The molecular weight excluding hydrogens is 308 g/mol. The molecule has 4 bridgehead atoms. The van der Waals surface area contributed by atoms with Crippen molar-refractivity contribution in [3.05, 3.63) is 0 Å². The topological polar surface area (TPSA) is 87.0 Å². The van der Waals surface area contributed by atoms with Gasteiger partial charge in [0.25, 0.3) is 0 Å². The van der Waals surface area contributed by atoms with Gasteiger partial charge in [0, 0.05) is 19.3 Å². The Hall–Kier alpha value is -0.650. The Morgan fingerprint density at radius 2 is 1.67 bits per heavy atom. The Balaban J connectivity index is 1.62. The predicted molar refractivity (Wildman–Crippen MR) is 87.0 cm³/mol. The molecule has 0 aromatic heterocycles. The lowest BCUT2D eigenvalue weighted by molar-refractivity contribution is -0.273. The normalized spacial score (nSPS) is 55.5. The molecular formula is C19H30O5. The summed E-state index contributed by atoms with van der Waals surface area (Å²) >= 11 is 0. The van der Waals surface area contributed by atoms with E-state index < -0.39 is 28.3 Å². The standard InChI is InChI=1S/C19H30O5/c1-11(2)19(12(3)4-14(19)20)15(21)24-18-7-13-5-16(22,9-18)8-17(23,6-13)10-18/h11-14,20,22-23H,4-10H2,1-3H3. The Kier molecular flexibility index (Phi) is 3.32. The number of hydrogen-bond acceptors (Lipinski definition) is 5. The molecule has 0 aromatic carbocycles. The molecule has 0 heterocycles. The number of esters is 1. The van der Waals surface area contributed by atoms with Crippen LogP contribution in [0.25, 0.3) is 0 Å². The zero-order valence-corrected chi connectivity index (χ0v) is 14.9. The molecule has 5 unspecified atom stereocenters. The fraction of sp³-hybridized carbons (Fsp3) is 0.947. The summed E-state index contributed by atoms with van der Waals surface area (Å²) in [5.41, 5.74) is -3.45. The summed E-state index contributed by atoms with van der Waals surface area (Å²) < 4.78 is 6.07. The maximum absolute atomic E-state index is 13.2. The third-order valence-corrected chi connectivity index (χ3v) is 7.52. The summed E-state index contributed by atoms with van der Waals surface area (Å²) in [6.45, 7) is 5.91. The van der Waals surface area contributed by atoms with Crippen LogP contribution in [0.2, 0.25) is 0 Å². The van der Waals surface area contributed by atoms with Gasteiger partial charge in [-0.3, -0.25) is 4.79 Å². The molecule has 24 heavy (non-hydrogen) atoms. The highest BCUT2D eigenvalue weighted by atomic mass is 16.6. The van der Waals surface area contributed by atoms with E-state index in [0.717, 1.165) is 6.42 Å². The molecule has 5 saturated carbocycles. The van der Waals surface area contributed by atoms with Gasteiger partial charge in [-0.2, -0.15) is 0 Å². The van der Waals surface area contributed by atoms with Crippen molar-refractivity contribution >= 4 is 5.97 Å². The number of rotatable bonds is 3. The van der Waals surface area contributed by atoms with E-state index in [9.17, 15) is 20.1 Å². The summed E-state index contributed by atoms with van der Waals surface area (Å²) in [6.07, 6.45) is 3.31. The maximum Gasteiger partial charge on any atom is 0.315 e. The van der Waals surface area contributed by atoms with Crippen molar-refractivity contribution in [2.24, 2.45) is 23.2 Å². The third-order valence-electron chi connectivity index (χ3n) is 7.52. The minimum atomic E-state index is -0.913. The second-order valence-electron chi connectivity index (χ2n) is 9.77. The number of carbonyl (C=O) groups excluding carboxylic acids is 1. The van der Waals surface area contributed by atoms with Gasteiger partial charge in [0.2, 0.25) is 0 Å². The molecule has 0 saturated heterocycles. The minimum Gasteiger partial charge on any atom is -0.458 e. The quantitative estimate of drug-likeness (QED) is 0.683. The van der Waals surface area contributed by atoms with Crippen LogP contribution in [0, 0.1) is 23.2 Å². The lowest BCUT2D eigenvalue weighted by Crippen LogP contribution is -2.69. The molecule has 5 nitrogen and oxygen atoms in total. The lowest BCUT2D eigenvalue weighted by atomic mass is 9.50. The van der Waals surface area contributed by atoms with Gasteiger partial charge in [-0.1, -0.05) is 20.8 Å². The SMILES string of the molecule is CC(C)C1(C(=O)OC23CC4CC(O)(CC(O)(C4)C2)C3)C(C)CC1O. The molecule has 5 fully saturated rings. The number of hydrogen-bond donors (Lipinski definition) is 3. The first kappa shape index (κ1) is 16.8. The average molecular weight is 338 g/mol. The minimum absolute atomic E-state index is 0.0103. The van der Waals surface area contributed by atoms with Gasteiger partial charge in [0.05, 0.1) is 22.7 Å². The summed E-state index contributed by atoms with van der Waals surface area (Å²) in [7, 11) is 0. The van der Waals surface area contributed by atoms with Crippen LogP contribution < -0.4 is 0 Å². The first-order chi connectivity index (χ1) is 11.0. The fourth-order valence-corrected chi connectivity index (χ4v) is 7.07. The van der Waals surface area contributed by atoms with Gasteiger partial charge in [-0.25, -0.2) is 0 Å². The van der Waals surface area contributed by atoms with Crippen molar-refractivity contribution in [1.82, 2.24) is 0 Å². The summed E-state index contributed by atoms with van der Waals surface area (Å²) in [5.74, 6) is -0.0513. The number of ether oxygens (including phenoxy) is 1. The molecule has 0 spiro atoms. The number of carbonyl (C=O) groups is 1. The van der Waals surface area contributed by atoms with E-state index in [1.807, 2.05) is 20.8 Å². The van der Waals surface area contributed by atoms with Gasteiger partial charge >= 0.3 is 5.97 Å². The van der Waals surface area contributed by atoms with Crippen LogP contribution in [0.4, 0.5) is 0 Å². The Bertz CT molecular complexity index is 535. The van der Waals surface area contributed by atoms with Crippen LogP contribution >= 0.6 is 0 Å². The van der Waals surface area contributed by atoms with Gasteiger partial charge in [0.1, 0.15) is 5.60 Å². The highest BCUT2D eigenvalue weighted by Gasteiger charge is 2.67. The fourth-order valence-electron chi connectivity index (χ4n) is 7.07. The average Bonchev–Trinajstić information content (AvgIpc) is 2.32. The van der Waals surface area contributed by atoms with Gasteiger partial charge in [0.15, 0.2) is 0 Å². The van der Waals surface area contributed by atoms with Gasteiger partial charge < -0.3 is 20.1 Å². The molecule has 136 valence electrons. The molecule has 0 radical (unpaired) electrons. The first-order valence-electron chi connectivity index (χ1n) is 9.39. The van der Waals surface area contributed by atoms with Crippen molar-refractivity contribution in [3.8, 4) is 0 Å². The van der Waals surface area contributed by atoms with Crippen molar-refractivity contribution in [3.63, 3.8) is 0 Å². The molecule has 5 aliphatic rings. The van der Waals surface area contributed by atoms with Crippen molar-refractivity contribution in [1.29, 1.82) is 0 Å². The molecule has 0 amide bonds. The van der Waals surface area contributed by atoms with E-state index in [-0.39, 0.29) is 23.7 Å². The third kappa shape index (κ3) is 2.07. The highest BCUT2D eigenvalue weighted by Crippen LogP contribution is 2.62. The Labute approximate surface area is 143 Å². The van der Waals surface area contributed by atoms with Crippen molar-refractivity contribution in [2.75, 3.05) is 0 Å². The molecule has 5 aliphatic carbocycles. The number of aliphatic hydroxyl groups excluding tert-OH is 1. The van der Waals surface area contributed by atoms with Crippen LogP contribution in [0.15, 0.2) is 0 Å². The molecule has 5 atom stereocenters. The van der Waals surface area contributed by atoms with Crippen molar-refractivity contribution in [2.45, 2.75) is 88.6 Å². The molecule has 0 aromatic rings. The molecule has 0 aliphatic heterocycles. The van der Waals surface area contributed by atoms with Crippen LogP contribution in [0.5, 0.6) is 0 Å². The van der Waals surface area contributed by atoms with Gasteiger partial charge in [-0.05, 0) is 43.4 Å². The first-order valence-corrected chi connectivity index (χ1v) is 9.39. The monoisotopic (exact) mass is 338 g/mol. The molecule has 5 rings (SSSR count). The van der Waals surface area contributed by atoms with E-state index in [2.05, 4.69) is 0 Å². The highest BCUT2D eigenvalue weighted by molar-refractivity contribution is 5.80. The van der Waals surface area contributed by atoms with Crippen molar-refractivity contribution < 1.29 is 24.9 Å². The van der Waals surface area contributed by atoms with Crippen LogP contribution in [-0.4, -0.2) is 44.2 Å². The predicted octanol–water partition coefficient (Wildman–Crippen LogP) is 1.77. The zero-order valence-electron chi connectivity index (χ0n) is 14.9. The van der Waals surface area contributed by atoms with Crippen LogP contribution in [-0.2, 0) is 9.53 Å². The maximum atomic E-state index is 13.2. The lowest BCUT2D eigenvalue weighted by Gasteiger charge is -2.63. The summed E-state index contributed by atoms with van der Waals surface area (Å²) in [4.78, 5) is 13.2. The van der Waals surface area contributed by atoms with E-state index in [4.69, 9.17) is 4.74 Å². The largest absolute Gasteiger partial charge is 0.458 e.